The monoisotopic (exact) mass is 435 g/mol. The van der Waals surface area contributed by atoms with Gasteiger partial charge < -0.3 is 19.6 Å². The molecule has 0 radical (unpaired) electrons. The third kappa shape index (κ3) is 4.16. The first-order valence-corrected chi connectivity index (χ1v) is 11.2. The Morgan fingerprint density at radius 1 is 1.33 bits per heavy atom. The molecule has 3 N–H and O–H groups in total. The van der Waals surface area contributed by atoms with Crippen LogP contribution < -0.4 is 19.1 Å². The molecule has 10 nitrogen and oxygen atoms in total. The molecule has 1 amide bonds. The van der Waals surface area contributed by atoms with E-state index in [-0.39, 0.29) is 29.9 Å². The maximum atomic E-state index is 11.8. The molecule has 1 aliphatic heterocycles. The summed E-state index contributed by atoms with van der Waals surface area (Å²) in [7, 11) is -2.31. The van der Waals surface area contributed by atoms with E-state index in [9.17, 15) is 13.2 Å². The maximum absolute atomic E-state index is 11.8. The third-order valence-corrected chi connectivity index (χ3v) is 6.46. The summed E-state index contributed by atoms with van der Waals surface area (Å²) in [5.74, 6) is 1.11. The zero-order valence-corrected chi connectivity index (χ0v) is 17.8. The van der Waals surface area contributed by atoms with Gasteiger partial charge in [0.2, 0.25) is 0 Å². The molecule has 1 aromatic heterocycles. The Kier molecular flexibility index (Phi) is 5.22. The molecular weight excluding hydrogens is 410 g/mol. The van der Waals surface area contributed by atoms with E-state index in [4.69, 9.17) is 8.92 Å². The van der Waals surface area contributed by atoms with E-state index < -0.39 is 10.3 Å². The normalized spacial score (nSPS) is 21.9. The van der Waals surface area contributed by atoms with E-state index in [0.717, 1.165) is 29.3 Å². The molecule has 1 saturated carbocycles. The zero-order valence-electron chi connectivity index (χ0n) is 17.0. The lowest BCUT2D eigenvalue weighted by molar-refractivity contribution is 0.0981. The Bertz CT molecular complexity index is 1050. The number of aromatic amines is 1. The Morgan fingerprint density at radius 2 is 2.13 bits per heavy atom. The van der Waals surface area contributed by atoms with E-state index in [1.54, 1.807) is 18.2 Å². The molecule has 1 aromatic carbocycles. The van der Waals surface area contributed by atoms with Gasteiger partial charge in [0.25, 0.3) is 0 Å². The van der Waals surface area contributed by atoms with Crippen molar-refractivity contribution in [2.45, 2.75) is 51.2 Å². The van der Waals surface area contributed by atoms with E-state index in [2.05, 4.69) is 20.8 Å². The zero-order chi connectivity index (χ0) is 21.5. The van der Waals surface area contributed by atoms with Crippen molar-refractivity contribution in [1.82, 2.24) is 15.5 Å². The number of carbonyl (C=O) groups is 1. The highest BCUT2D eigenvalue weighted by atomic mass is 32.2. The highest BCUT2D eigenvalue weighted by Crippen LogP contribution is 2.40. The van der Waals surface area contributed by atoms with Gasteiger partial charge in [-0.25, -0.2) is 9.10 Å². The number of alkyl carbamates (subject to hydrolysis) is 1. The van der Waals surface area contributed by atoms with Gasteiger partial charge in [-0.05, 0) is 45.2 Å². The van der Waals surface area contributed by atoms with Crippen molar-refractivity contribution in [2.24, 2.45) is 0 Å². The van der Waals surface area contributed by atoms with Crippen LogP contribution in [0.1, 0.15) is 44.7 Å². The van der Waals surface area contributed by atoms with Crippen molar-refractivity contribution in [3.8, 4) is 5.75 Å². The molecule has 2 aromatic rings. The van der Waals surface area contributed by atoms with E-state index in [1.807, 2.05) is 19.9 Å². The maximum Gasteiger partial charge on any atom is 0.409 e. The molecule has 0 spiro atoms. The molecule has 2 aliphatic rings. The lowest BCUT2D eigenvalue weighted by Crippen LogP contribution is -2.33. The molecule has 2 heterocycles. The molecule has 30 heavy (non-hydrogen) atoms. The number of anilines is 3. The van der Waals surface area contributed by atoms with Crippen LogP contribution in [0.5, 0.6) is 5.75 Å². The standard InChI is InChI=1S/C19H25N5O5S/c1-11(2)20-19(25)28-14-6-4-12(8-14)15-10-18(23-22-15)21-13-5-7-16-17(9-13)29-30(26,27)24(16)3/h5,7,9-12,14H,4,6,8H2,1-3H3,(H,20,25)(H2,21,22,23)/t12-,14+/m0/s1. The number of nitrogens with zero attached hydrogens (tertiary/aromatic N) is 2. The Morgan fingerprint density at radius 3 is 2.90 bits per heavy atom. The van der Waals surface area contributed by atoms with Gasteiger partial charge in [0.05, 0.1) is 5.69 Å². The lowest BCUT2D eigenvalue weighted by Gasteiger charge is -2.14. The Labute approximate surface area is 175 Å². The molecule has 1 aliphatic carbocycles. The average molecular weight is 436 g/mol. The van der Waals surface area contributed by atoms with Crippen LogP contribution in [0, 0.1) is 0 Å². The first-order valence-electron chi connectivity index (χ1n) is 9.83. The minimum atomic E-state index is -3.76. The second-order valence-electron chi connectivity index (χ2n) is 7.86. The van der Waals surface area contributed by atoms with Crippen LogP contribution in [0.2, 0.25) is 0 Å². The third-order valence-electron chi connectivity index (χ3n) is 5.20. The molecule has 0 unspecified atom stereocenters. The molecule has 0 bridgehead atoms. The van der Waals surface area contributed by atoms with E-state index in [1.165, 1.54) is 7.05 Å². The number of nitrogens with one attached hydrogen (secondary N) is 3. The summed E-state index contributed by atoms with van der Waals surface area (Å²) in [6, 6.07) is 7.02. The first-order chi connectivity index (χ1) is 14.2. The van der Waals surface area contributed by atoms with Crippen LogP contribution in [0.25, 0.3) is 0 Å². The average Bonchev–Trinajstić information content (AvgIpc) is 3.34. The van der Waals surface area contributed by atoms with Gasteiger partial charge in [-0.15, -0.1) is 0 Å². The van der Waals surface area contributed by atoms with Crippen LogP contribution >= 0.6 is 0 Å². The summed E-state index contributed by atoms with van der Waals surface area (Å²) < 4.78 is 35.2. The first kappa shape index (κ1) is 20.3. The second-order valence-corrected chi connectivity index (χ2v) is 9.43. The highest BCUT2D eigenvalue weighted by Gasteiger charge is 2.32. The van der Waals surface area contributed by atoms with Gasteiger partial charge in [0.15, 0.2) is 11.6 Å². The van der Waals surface area contributed by atoms with Crippen LogP contribution in [0.3, 0.4) is 0 Å². The predicted molar refractivity (Wildman–Crippen MR) is 111 cm³/mol. The van der Waals surface area contributed by atoms with Crippen molar-refractivity contribution in [3.63, 3.8) is 0 Å². The molecule has 4 rings (SSSR count). The summed E-state index contributed by atoms with van der Waals surface area (Å²) in [5.41, 5.74) is 2.12. The minimum Gasteiger partial charge on any atom is -0.446 e. The predicted octanol–water partition coefficient (Wildman–Crippen LogP) is 3.00. The quantitative estimate of drug-likeness (QED) is 0.659. The van der Waals surface area contributed by atoms with Gasteiger partial charge in [-0.2, -0.15) is 13.5 Å². The Hall–Kier alpha value is -2.95. The number of rotatable bonds is 5. The molecule has 2 atom stereocenters. The Balaban J connectivity index is 1.37. The van der Waals surface area contributed by atoms with Crippen LogP contribution in [0.4, 0.5) is 22.0 Å². The molecule has 1 fully saturated rings. The number of amides is 1. The topological polar surface area (TPSA) is 126 Å². The summed E-state index contributed by atoms with van der Waals surface area (Å²) in [5, 5.41) is 13.2. The summed E-state index contributed by atoms with van der Waals surface area (Å²) in [6.45, 7) is 3.78. The SMILES string of the molecule is CC(C)NC(=O)O[C@@H]1CC[C@H](c2cc(Nc3ccc4c(c3)OS(=O)(=O)N4C)n[nH]2)C1. The number of carbonyl (C=O) groups excluding carboxylic acids is 1. The van der Waals surface area contributed by atoms with Gasteiger partial charge in [-0.1, -0.05) is 0 Å². The number of ether oxygens (including phenoxy) is 1. The van der Waals surface area contributed by atoms with Gasteiger partial charge >= 0.3 is 16.4 Å². The number of aromatic nitrogens is 2. The number of hydrogen-bond acceptors (Lipinski definition) is 7. The van der Waals surface area contributed by atoms with Crippen LogP contribution in [-0.4, -0.2) is 43.9 Å². The van der Waals surface area contributed by atoms with Crippen LogP contribution in [0.15, 0.2) is 24.3 Å². The number of benzene rings is 1. The number of H-pyrrole nitrogens is 1. The van der Waals surface area contributed by atoms with Gasteiger partial charge in [-0.3, -0.25) is 5.10 Å². The van der Waals surface area contributed by atoms with E-state index >= 15 is 0 Å². The summed E-state index contributed by atoms with van der Waals surface area (Å²) >= 11 is 0. The minimum absolute atomic E-state index is 0.0427. The molecule has 162 valence electrons. The van der Waals surface area contributed by atoms with Crippen molar-refractivity contribution >= 4 is 33.6 Å². The summed E-state index contributed by atoms with van der Waals surface area (Å²) in [6.07, 6.45) is 1.96. The lowest BCUT2D eigenvalue weighted by atomic mass is 10.0. The fourth-order valence-corrected chi connectivity index (χ4v) is 4.58. The molecular formula is C19H25N5O5S. The van der Waals surface area contributed by atoms with Crippen molar-refractivity contribution < 1.29 is 22.1 Å². The summed E-state index contributed by atoms with van der Waals surface area (Å²) in [4.78, 5) is 11.8. The second kappa shape index (κ2) is 7.71. The highest BCUT2D eigenvalue weighted by molar-refractivity contribution is 7.88. The van der Waals surface area contributed by atoms with Crippen molar-refractivity contribution in [2.75, 3.05) is 16.7 Å². The van der Waals surface area contributed by atoms with Gasteiger partial charge in [0.1, 0.15) is 6.10 Å². The van der Waals surface area contributed by atoms with E-state index in [0.29, 0.717) is 17.2 Å². The fourth-order valence-electron chi connectivity index (χ4n) is 3.72. The number of hydrogen-bond donors (Lipinski definition) is 3. The molecule has 0 saturated heterocycles. The van der Waals surface area contributed by atoms with Crippen LogP contribution in [-0.2, 0) is 15.0 Å². The largest absolute Gasteiger partial charge is 0.446 e. The van der Waals surface area contributed by atoms with Gasteiger partial charge in [0, 0.05) is 42.5 Å². The smallest absolute Gasteiger partial charge is 0.409 e. The van der Waals surface area contributed by atoms with Crippen molar-refractivity contribution in [3.05, 3.63) is 30.0 Å². The fraction of sp³-hybridized carbons (Fsp3) is 0.474. The number of fused-ring (bicyclic) bond motifs is 1. The molecule has 11 heteroatoms. The van der Waals surface area contributed by atoms with Crippen molar-refractivity contribution in [1.29, 1.82) is 0 Å².